The number of aromatic nitrogens is 3. The summed E-state index contributed by atoms with van der Waals surface area (Å²) in [5.41, 5.74) is 5.75. The number of nitrogen functional groups attached to an aromatic ring is 1. The Morgan fingerprint density at radius 1 is 1.25 bits per heavy atom. The van der Waals surface area contributed by atoms with Gasteiger partial charge in [0.2, 0.25) is 11.9 Å². The van der Waals surface area contributed by atoms with E-state index in [1.54, 1.807) is 0 Å². The van der Waals surface area contributed by atoms with E-state index in [0.717, 1.165) is 32.5 Å². The molecule has 2 rings (SSSR count). The maximum absolute atomic E-state index is 5.75. The van der Waals surface area contributed by atoms with Gasteiger partial charge in [-0.05, 0) is 19.9 Å². The third-order valence-electron chi connectivity index (χ3n) is 3.59. The summed E-state index contributed by atoms with van der Waals surface area (Å²) >= 11 is 0. The van der Waals surface area contributed by atoms with Crippen molar-refractivity contribution in [3.8, 4) is 6.01 Å². The maximum Gasteiger partial charge on any atom is 0.323 e. The van der Waals surface area contributed by atoms with E-state index in [-0.39, 0.29) is 5.95 Å². The lowest BCUT2D eigenvalue weighted by atomic mass is 10.1. The second-order valence-corrected chi connectivity index (χ2v) is 5.11. The molecule has 1 fully saturated rings. The van der Waals surface area contributed by atoms with Crippen LogP contribution < -0.4 is 15.4 Å². The standard InChI is InChI=1S/C13H24N6O/c1-4-8-20-13-16-11(14)15-12(17-13)19-7-6-18(3)10(5-2)9-19/h10H,4-9H2,1-3H3,(H2,14,15,16,17). The van der Waals surface area contributed by atoms with Gasteiger partial charge >= 0.3 is 6.01 Å². The molecule has 0 spiro atoms. The summed E-state index contributed by atoms with van der Waals surface area (Å²) in [6.07, 6.45) is 2.01. The van der Waals surface area contributed by atoms with Crippen molar-refractivity contribution in [3.05, 3.63) is 0 Å². The van der Waals surface area contributed by atoms with E-state index in [4.69, 9.17) is 10.5 Å². The fourth-order valence-electron chi connectivity index (χ4n) is 2.33. The Morgan fingerprint density at radius 2 is 2.05 bits per heavy atom. The van der Waals surface area contributed by atoms with Gasteiger partial charge in [0.05, 0.1) is 6.61 Å². The number of likely N-dealkylation sites (N-methyl/N-ethyl adjacent to an activating group) is 1. The van der Waals surface area contributed by atoms with Gasteiger partial charge in [-0.15, -0.1) is 0 Å². The summed E-state index contributed by atoms with van der Waals surface area (Å²) in [5.74, 6) is 0.836. The lowest BCUT2D eigenvalue weighted by molar-refractivity contribution is 0.211. The molecule has 1 aromatic heterocycles. The average Bonchev–Trinajstić information content (AvgIpc) is 2.45. The van der Waals surface area contributed by atoms with Gasteiger partial charge in [0.15, 0.2) is 0 Å². The van der Waals surface area contributed by atoms with Crippen LogP contribution in [0.3, 0.4) is 0 Å². The molecule has 0 aliphatic carbocycles. The molecule has 112 valence electrons. The number of rotatable bonds is 5. The number of nitrogens with two attached hydrogens (primary N) is 1. The van der Waals surface area contributed by atoms with Crippen molar-refractivity contribution >= 4 is 11.9 Å². The first kappa shape index (κ1) is 14.8. The highest BCUT2D eigenvalue weighted by Gasteiger charge is 2.25. The topological polar surface area (TPSA) is 80.4 Å². The Balaban J connectivity index is 2.13. The fourth-order valence-corrected chi connectivity index (χ4v) is 2.33. The van der Waals surface area contributed by atoms with Gasteiger partial charge in [-0.3, -0.25) is 4.90 Å². The van der Waals surface area contributed by atoms with E-state index < -0.39 is 0 Å². The highest BCUT2D eigenvalue weighted by atomic mass is 16.5. The zero-order valence-corrected chi connectivity index (χ0v) is 12.5. The Morgan fingerprint density at radius 3 is 2.75 bits per heavy atom. The first-order chi connectivity index (χ1) is 9.63. The van der Waals surface area contributed by atoms with Crippen LogP contribution >= 0.6 is 0 Å². The fraction of sp³-hybridized carbons (Fsp3) is 0.769. The normalized spacial score (nSPS) is 20.1. The van der Waals surface area contributed by atoms with Crippen LogP contribution in [0.25, 0.3) is 0 Å². The van der Waals surface area contributed by atoms with Gasteiger partial charge in [-0.1, -0.05) is 13.8 Å². The number of hydrogen-bond donors (Lipinski definition) is 1. The number of nitrogens with zero attached hydrogens (tertiary/aromatic N) is 5. The largest absolute Gasteiger partial charge is 0.463 e. The second kappa shape index (κ2) is 6.69. The van der Waals surface area contributed by atoms with Crippen molar-refractivity contribution in [2.75, 3.05) is 43.9 Å². The molecule has 2 heterocycles. The van der Waals surface area contributed by atoms with Crippen LogP contribution in [-0.4, -0.2) is 59.2 Å². The van der Waals surface area contributed by atoms with Gasteiger partial charge in [0.1, 0.15) is 0 Å². The van der Waals surface area contributed by atoms with Gasteiger partial charge < -0.3 is 15.4 Å². The van der Waals surface area contributed by atoms with E-state index in [0.29, 0.717) is 24.6 Å². The summed E-state index contributed by atoms with van der Waals surface area (Å²) in [4.78, 5) is 17.2. The minimum Gasteiger partial charge on any atom is -0.463 e. The molecule has 1 atom stereocenters. The molecule has 1 saturated heterocycles. The summed E-state index contributed by atoms with van der Waals surface area (Å²) < 4.78 is 5.46. The zero-order valence-electron chi connectivity index (χ0n) is 12.5. The quantitative estimate of drug-likeness (QED) is 0.853. The minimum atomic E-state index is 0.216. The van der Waals surface area contributed by atoms with Crippen molar-refractivity contribution in [1.82, 2.24) is 19.9 Å². The van der Waals surface area contributed by atoms with Gasteiger partial charge in [0.25, 0.3) is 0 Å². The minimum absolute atomic E-state index is 0.216. The molecular weight excluding hydrogens is 256 g/mol. The van der Waals surface area contributed by atoms with Gasteiger partial charge in [-0.25, -0.2) is 0 Å². The lowest BCUT2D eigenvalue weighted by Crippen LogP contribution is -2.51. The Labute approximate surface area is 120 Å². The molecule has 0 radical (unpaired) electrons. The molecule has 20 heavy (non-hydrogen) atoms. The van der Waals surface area contributed by atoms with Crippen molar-refractivity contribution < 1.29 is 4.74 Å². The van der Waals surface area contributed by atoms with Crippen LogP contribution in [0.1, 0.15) is 26.7 Å². The predicted molar refractivity (Wildman–Crippen MR) is 78.9 cm³/mol. The molecule has 1 aliphatic rings. The van der Waals surface area contributed by atoms with E-state index in [1.165, 1.54) is 0 Å². The number of piperazine rings is 1. The number of hydrogen-bond acceptors (Lipinski definition) is 7. The van der Waals surface area contributed by atoms with Gasteiger partial charge in [0, 0.05) is 25.7 Å². The van der Waals surface area contributed by atoms with Crippen molar-refractivity contribution in [2.45, 2.75) is 32.7 Å². The van der Waals surface area contributed by atoms with Crippen LogP contribution in [0.15, 0.2) is 0 Å². The Hall–Kier alpha value is -1.63. The van der Waals surface area contributed by atoms with Crippen LogP contribution in [0, 0.1) is 0 Å². The van der Waals surface area contributed by atoms with E-state index in [9.17, 15) is 0 Å². The first-order valence-corrected chi connectivity index (χ1v) is 7.23. The average molecular weight is 280 g/mol. The van der Waals surface area contributed by atoms with E-state index in [2.05, 4.69) is 38.7 Å². The van der Waals surface area contributed by atoms with E-state index >= 15 is 0 Å². The molecule has 0 saturated carbocycles. The molecule has 1 aromatic rings. The van der Waals surface area contributed by atoms with Gasteiger partial charge in [-0.2, -0.15) is 15.0 Å². The molecule has 1 aliphatic heterocycles. The zero-order chi connectivity index (χ0) is 14.5. The molecule has 7 nitrogen and oxygen atoms in total. The molecule has 0 amide bonds. The second-order valence-electron chi connectivity index (χ2n) is 5.11. The maximum atomic E-state index is 5.75. The smallest absolute Gasteiger partial charge is 0.323 e. The molecule has 0 aromatic carbocycles. The molecule has 0 bridgehead atoms. The summed E-state index contributed by atoms with van der Waals surface area (Å²) in [6, 6.07) is 0.836. The van der Waals surface area contributed by atoms with Crippen LogP contribution in [-0.2, 0) is 0 Å². The van der Waals surface area contributed by atoms with Crippen LogP contribution in [0.5, 0.6) is 6.01 Å². The van der Waals surface area contributed by atoms with Crippen molar-refractivity contribution in [1.29, 1.82) is 0 Å². The molecule has 1 unspecified atom stereocenters. The summed E-state index contributed by atoms with van der Waals surface area (Å²) in [6.45, 7) is 7.62. The Bertz CT molecular complexity index is 441. The SMILES string of the molecule is CCCOc1nc(N)nc(N2CCN(C)C(CC)C2)n1. The van der Waals surface area contributed by atoms with Crippen LogP contribution in [0.2, 0.25) is 0 Å². The van der Waals surface area contributed by atoms with E-state index in [1.807, 2.05) is 6.92 Å². The molecule has 2 N–H and O–H groups in total. The first-order valence-electron chi connectivity index (χ1n) is 7.23. The highest BCUT2D eigenvalue weighted by Crippen LogP contribution is 2.18. The summed E-state index contributed by atoms with van der Waals surface area (Å²) in [7, 11) is 2.16. The molecule has 7 heteroatoms. The summed E-state index contributed by atoms with van der Waals surface area (Å²) in [5, 5.41) is 0. The van der Waals surface area contributed by atoms with Crippen LogP contribution in [0.4, 0.5) is 11.9 Å². The lowest BCUT2D eigenvalue weighted by Gasteiger charge is -2.39. The predicted octanol–water partition coefficient (Wildman–Crippen LogP) is 0.773. The highest BCUT2D eigenvalue weighted by molar-refractivity contribution is 5.36. The third-order valence-corrected chi connectivity index (χ3v) is 3.59. The third kappa shape index (κ3) is 3.47. The monoisotopic (exact) mass is 280 g/mol. The molecular formula is C13H24N6O. The van der Waals surface area contributed by atoms with Crippen molar-refractivity contribution in [3.63, 3.8) is 0 Å². The number of ether oxygens (including phenoxy) is 1. The van der Waals surface area contributed by atoms with Crippen molar-refractivity contribution in [2.24, 2.45) is 0 Å². The Kier molecular flexibility index (Phi) is 4.94. The number of anilines is 2.